The van der Waals surface area contributed by atoms with E-state index in [1.165, 1.54) is 16.7 Å². The van der Waals surface area contributed by atoms with Crippen molar-refractivity contribution in [2.24, 2.45) is 0 Å². The zero-order valence-corrected chi connectivity index (χ0v) is 32.5. The number of aromatic amines is 2. The number of H-pyrrole nitrogens is 2. The molecular weight excluding hydrogens is 701 g/mol. The normalized spacial score (nSPS) is 11.9. The Bertz CT molecular complexity index is 2850. The van der Waals surface area contributed by atoms with Gasteiger partial charge < -0.3 is 14.7 Å². The van der Waals surface area contributed by atoms with E-state index in [2.05, 4.69) is 140 Å². The molecule has 5 heterocycles. The number of benzene rings is 4. The maximum Gasteiger partial charge on any atom is 0.176 e. The summed E-state index contributed by atoms with van der Waals surface area (Å²) in [5, 5.41) is 0. The molecule has 278 valence electrons. The van der Waals surface area contributed by atoms with Crippen LogP contribution in [0.5, 0.6) is 11.5 Å². The SMILES string of the molecule is CCCC(=O)c1ccc(Oc2c3nc(c(-c4ccc(C)cc4)c4ccc([nH]4)c(-c4ccc(C)cc4)c4nc(c(-c5ccc(C)cc5)c5ccc2[nH]5)C=C4)C=C3)cc1. The van der Waals surface area contributed by atoms with Crippen LogP contribution < -0.4 is 4.74 Å². The van der Waals surface area contributed by atoms with E-state index in [-0.39, 0.29) is 5.78 Å². The van der Waals surface area contributed by atoms with E-state index in [4.69, 9.17) is 14.7 Å². The molecule has 0 saturated heterocycles. The van der Waals surface area contributed by atoms with Gasteiger partial charge in [-0.05, 0) is 117 Å². The smallest absolute Gasteiger partial charge is 0.176 e. The van der Waals surface area contributed by atoms with Crippen molar-refractivity contribution in [2.75, 3.05) is 0 Å². The Morgan fingerprint density at radius 1 is 0.491 bits per heavy atom. The molecular formula is C51H42N4O2. The third-order valence-corrected chi connectivity index (χ3v) is 10.6. The van der Waals surface area contributed by atoms with Crippen molar-refractivity contribution in [3.63, 3.8) is 0 Å². The average molecular weight is 743 g/mol. The molecule has 2 aliphatic heterocycles. The van der Waals surface area contributed by atoms with Crippen molar-refractivity contribution in [3.8, 4) is 44.9 Å². The van der Waals surface area contributed by atoms with Crippen LogP contribution in [0.4, 0.5) is 0 Å². The van der Waals surface area contributed by atoms with Crippen molar-refractivity contribution in [3.05, 3.63) is 166 Å². The van der Waals surface area contributed by atoms with E-state index in [9.17, 15) is 4.79 Å². The van der Waals surface area contributed by atoms with Gasteiger partial charge in [0.1, 0.15) is 11.4 Å². The molecule has 0 atom stereocenters. The van der Waals surface area contributed by atoms with E-state index in [0.717, 1.165) is 79.0 Å². The maximum atomic E-state index is 12.7. The molecule has 0 aliphatic carbocycles. The summed E-state index contributed by atoms with van der Waals surface area (Å²) in [5.74, 6) is 1.29. The number of hydrogen-bond donors (Lipinski definition) is 2. The number of ether oxygens (including phenoxy) is 1. The number of ketones is 1. The van der Waals surface area contributed by atoms with Crippen LogP contribution in [0, 0.1) is 20.8 Å². The molecule has 0 saturated carbocycles. The van der Waals surface area contributed by atoms with Gasteiger partial charge >= 0.3 is 0 Å². The van der Waals surface area contributed by atoms with Crippen LogP contribution in [0.2, 0.25) is 0 Å². The van der Waals surface area contributed by atoms with Crippen molar-refractivity contribution in [1.29, 1.82) is 0 Å². The largest absolute Gasteiger partial charge is 0.453 e. The highest BCUT2D eigenvalue weighted by Gasteiger charge is 2.19. The van der Waals surface area contributed by atoms with E-state index in [1.54, 1.807) is 0 Å². The van der Waals surface area contributed by atoms with Gasteiger partial charge in [-0.3, -0.25) is 4.79 Å². The molecule has 0 spiro atoms. The predicted octanol–water partition coefficient (Wildman–Crippen LogP) is 13.4. The van der Waals surface area contributed by atoms with Gasteiger partial charge in [0.2, 0.25) is 0 Å². The number of hydrogen-bond acceptors (Lipinski definition) is 4. The zero-order chi connectivity index (χ0) is 39.0. The van der Waals surface area contributed by atoms with Gasteiger partial charge in [0.05, 0.1) is 22.6 Å². The number of Topliss-reactive ketones (excluding diaryl/α,β-unsaturated/α-hetero) is 1. The molecule has 7 aromatic rings. The van der Waals surface area contributed by atoms with Gasteiger partial charge in [-0.15, -0.1) is 0 Å². The standard InChI is InChI=1S/C51H42N4O2/c1-5-6-47(56)34-19-21-38(22-20-34)57-51-45-29-27-43(54-45)49(36-15-9-32(3)10-16-36)41-25-23-39(52-41)48(35-13-7-31(2)8-14-35)40-24-26-42(53-40)50(44-28-30-46(51)55-44)37-17-11-33(4)12-18-37/h7-30,52,55H,5-6H2,1-4H3. The minimum atomic E-state index is 0.122. The monoisotopic (exact) mass is 742 g/mol. The van der Waals surface area contributed by atoms with E-state index in [0.29, 0.717) is 29.2 Å². The van der Waals surface area contributed by atoms with Crippen LogP contribution in [0.25, 0.3) is 79.8 Å². The second-order valence-electron chi connectivity index (χ2n) is 14.9. The van der Waals surface area contributed by atoms with Crippen molar-refractivity contribution in [2.45, 2.75) is 40.5 Å². The number of carbonyl (C=O) groups excluding carboxylic acids is 1. The minimum absolute atomic E-state index is 0.122. The molecule has 8 bridgehead atoms. The third kappa shape index (κ3) is 7.02. The van der Waals surface area contributed by atoms with Gasteiger partial charge in [-0.25, -0.2) is 9.97 Å². The molecule has 0 amide bonds. The van der Waals surface area contributed by atoms with Gasteiger partial charge in [0.15, 0.2) is 11.5 Å². The summed E-state index contributed by atoms with van der Waals surface area (Å²) in [6.07, 6.45) is 9.61. The Morgan fingerprint density at radius 2 is 0.877 bits per heavy atom. The lowest BCUT2D eigenvalue weighted by molar-refractivity contribution is 0.0981. The van der Waals surface area contributed by atoms with Crippen molar-refractivity contribution >= 4 is 52.2 Å². The number of aromatic nitrogens is 4. The molecule has 3 aromatic heterocycles. The molecule has 2 aliphatic rings. The molecule has 4 aromatic carbocycles. The highest BCUT2D eigenvalue weighted by Crippen LogP contribution is 2.39. The summed E-state index contributed by atoms with van der Waals surface area (Å²) < 4.78 is 6.76. The van der Waals surface area contributed by atoms with Crippen LogP contribution >= 0.6 is 0 Å². The number of carbonyl (C=O) groups is 1. The van der Waals surface area contributed by atoms with E-state index < -0.39 is 0 Å². The second-order valence-corrected chi connectivity index (χ2v) is 14.9. The van der Waals surface area contributed by atoms with Gasteiger partial charge in [-0.2, -0.15) is 0 Å². The van der Waals surface area contributed by atoms with E-state index in [1.807, 2.05) is 43.3 Å². The lowest BCUT2D eigenvalue weighted by Gasteiger charge is -2.09. The first-order chi connectivity index (χ1) is 27.8. The maximum absolute atomic E-state index is 12.7. The molecule has 0 radical (unpaired) electrons. The Labute approximate surface area is 332 Å². The van der Waals surface area contributed by atoms with Gasteiger partial charge in [0, 0.05) is 45.2 Å². The molecule has 0 fully saturated rings. The predicted molar refractivity (Wildman–Crippen MR) is 235 cm³/mol. The lowest BCUT2D eigenvalue weighted by atomic mass is 10.0. The van der Waals surface area contributed by atoms with Crippen molar-refractivity contribution in [1.82, 2.24) is 19.9 Å². The van der Waals surface area contributed by atoms with Crippen molar-refractivity contribution < 1.29 is 9.53 Å². The van der Waals surface area contributed by atoms with Gasteiger partial charge in [-0.1, -0.05) is 96.4 Å². The summed E-state index contributed by atoms with van der Waals surface area (Å²) in [6.45, 7) is 8.32. The first-order valence-corrected chi connectivity index (χ1v) is 19.5. The highest BCUT2D eigenvalue weighted by molar-refractivity contribution is 5.98. The molecule has 6 nitrogen and oxygen atoms in total. The summed E-state index contributed by atoms with van der Waals surface area (Å²) >= 11 is 0. The number of fused-ring (bicyclic) bond motifs is 8. The molecule has 57 heavy (non-hydrogen) atoms. The fourth-order valence-corrected chi connectivity index (χ4v) is 7.56. The number of aryl methyl sites for hydroxylation is 3. The number of rotatable bonds is 8. The molecule has 9 rings (SSSR count). The zero-order valence-electron chi connectivity index (χ0n) is 32.5. The Hall–Kier alpha value is -7.05. The molecule has 2 N–H and O–H groups in total. The topological polar surface area (TPSA) is 83.7 Å². The molecule has 6 heteroatoms. The van der Waals surface area contributed by atoms with Crippen LogP contribution in [0.3, 0.4) is 0 Å². The van der Waals surface area contributed by atoms with E-state index >= 15 is 0 Å². The molecule has 0 unspecified atom stereocenters. The fourth-order valence-electron chi connectivity index (χ4n) is 7.56. The van der Waals surface area contributed by atoms with Crippen LogP contribution in [0.1, 0.15) is 69.6 Å². The quantitative estimate of drug-likeness (QED) is 0.152. The van der Waals surface area contributed by atoms with Crippen LogP contribution in [-0.4, -0.2) is 25.7 Å². The summed E-state index contributed by atoms with van der Waals surface area (Å²) in [7, 11) is 0. The number of nitrogens with one attached hydrogen (secondary N) is 2. The summed E-state index contributed by atoms with van der Waals surface area (Å²) in [6, 6.07) is 41.5. The Balaban J connectivity index is 1.38. The Morgan fingerprint density at radius 3 is 1.32 bits per heavy atom. The third-order valence-electron chi connectivity index (χ3n) is 10.6. The lowest BCUT2D eigenvalue weighted by Crippen LogP contribution is -1.97. The average Bonchev–Trinajstić information content (AvgIpc) is 4.07. The van der Waals surface area contributed by atoms with Crippen LogP contribution in [-0.2, 0) is 0 Å². The first-order valence-electron chi connectivity index (χ1n) is 19.5. The highest BCUT2D eigenvalue weighted by atomic mass is 16.5. The van der Waals surface area contributed by atoms with Crippen LogP contribution in [0.15, 0.2) is 121 Å². The fraction of sp³-hybridized carbons (Fsp3) is 0.118. The summed E-state index contributed by atoms with van der Waals surface area (Å²) in [5.41, 5.74) is 17.1. The number of nitrogens with zero attached hydrogens (tertiary/aromatic N) is 2. The Kier molecular flexibility index (Phi) is 9.31. The first kappa shape index (κ1) is 35.6. The minimum Gasteiger partial charge on any atom is -0.453 e. The summed E-state index contributed by atoms with van der Waals surface area (Å²) in [4.78, 5) is 30.9. The van der Waals surface area contributed by atoms with Gasteiger partial charge in [0.25, 0.3) is 0 Å². The second kappa shape index (κ2) is 14.9.